The molecule has 0 heterocycles. The van der Waals surface area contributed by atoms with Crippen LogP contribution >= 0.6 is 0 Å². The van der Waals surface area contributed by atoms with E-state index < -0.39 is 49.5 Å². The zero-order valence-corrected chi connectivity index (χ0v) is 12.0. The Balaban J connectivity index is 3.63. The number of rotatable bonds is 6. The van der Waals surface area contributed by atoms with Gasteiger partial charge in [-0.3, -0.25) is 30.3 Å². The number of carbonyl (C=O) groups excluding carboxylic acids is 1. The minimum absolute atomic E-state index is 0.0346. The third-order valence-corrected chi connectivity index (χ3v) is 2.79. The fraction of sp³-hybridized carbons (Fsp3) is 0.250. The molecule has 0 bridgehead atoms. The van der Waals surface area contributed by atoms with Crippen molar-refractivity contribution in [2.45, 2.75) is 20.0 Å². The summed E-state index contributed by atoms with van der Waals surface area (Å²) in [6.45, 7) is 5.76. The van der Waals surface area contributed by atoms with E-state index >= 15 is 0 Å². The first kappa shape index (κ1) is 17.7. The van der Waals surface area contributed by atoms with Gasteiger partial charge in [0.05, 0.1) is 14.8 Å². The quantitative estimate of drug-likeness (QED) is 0.334. The molecule has 122 valence electrons. The number of hydrogen-bond acceptors (Lipinski definition) is 8. The molecular weight excluding hydrogens is 314 g/mol. The summed E-state index contributed by atoms with van der Waals surface area (Å²) in [4.78, 5) is 41.5. The molecule has 11 heteroatoms. The average Bonchev–Trinajstić information content (AvgIpc) is 2.44. The molecule has 0 saturated heterocycles. The maximum atomic E-state index is 11.5. The molecule has 1 rings (SSSR count). The highest BCUT2D eigenvalue weighted by atomic mass is 16.6. The van der Waals surface area contributed by atoms with Gasteiger partial charge in [0, 0.05) is 17.7 Å². The lowest BCUT2D eigenvalue weighted by atomic mass is 10.0. The zero-order valence-electron chi connectivity index (χ0n) is 12.0. The van der Waals surface area contributed by atoms with E-state index in [1.807, 2.05) is 0 Å². The maximum Gasteiger partial charge on any atom is 0.359 e. The summed E-state index contributed by atoms with van der Waals surface area (Å²) >= 11 is 0. The molecule has 23 heavy (non-hydrogen) atoms. The van der Waals surface area contributed by atoms with Crippen molar-refractivity contribution in [1.82, 2.24) is 0 Å². The van der Waals surface area contributed by atoms with Gasteiger partial charge in [-0.05, 0) is 13.8 Å². The number of nitrogens with zero attached hydrogens (tertiary/aromatic N) is 3. The molecular formula is C12H11N3O8. The third kappa shape index (κ3) is 3.64. The van der Waals surface area contributed by atoms with Gasteiger partial charge in [0.1, 0.15) is 6.10 Å². The topological polar surface area (TPSA) is 156 Å². The summed E-state index contributed by atoms with van der Waals surface area (Å²) in [6.07, 6.45) is -1.46. The van der Waals surface area contributed by atoms with Crippen molar-refractivity contribution in [3.8, 4) is 0 Å². The number of nitro groups is 3. The molecule has 0 amide bonds. The van der Waals surface area contributed by atoms with Crippen LogP contribution in [0.4, 0.5) is 17.1 Å². The molecule has 11 nitrogen and oxygen atoms in total. The number of carbonyl (C=O) groups is 1. The van der Waals surface area contributed by atoms with Crippen LogP contribution in [-0.2, 0) is 9.53 Å². The summed E-state index contributed by atoms with van der Waals surface area (Å²) in [6, 6.07) is 1.42. The second-order valence-corrected chi connectivity index (χ2v) is 4.47. The molecule has 0 aliphatic heterocycles. The molecule has 0 N–H and O–H groups in total. The number of esters is 1. The second-order valence-electron chi connectivity index (χ2n) is 4.47. The molecule has 1 aromatic carbocycles. The number of ether oxygens (including phenoxy) is 1. The van der Waals surface area contributed by atoms with Gasteiger partial charge in [-0.15, -0.1) is 0 Å². The van der Waals surface area contributed by atoms with Crippen molar-refractivity contribution in [3.05, 3.63) is 60.2 Å². The second kappa shape index (κ2) is 6.60. The van der Waals surface area contributed by atoms with E-state index in [0.29, 0.717) is 6.07 Å². The molecule has 1 unspecified atom stereocenters. The molecule has 0 aliphatic carbocycles. The summed E-state index contributed by atoms with van der Waals surface area (Å²) < 4.78 is 4.84. The number of benzene rings is 1. The standard InChI is InChI=1S/C12H11N3O8/c1-6(2)12(16)23-7(3)10-8(13(17)18)4-5-9(14(19)20)11(10)15(21)22/h4-5,7H,1H2,2-3H3. The Morgan fingerprint density at radius 1 is 1.09 bits per heavy atom. The van der Waals surface area contributed by atoms with E-state index in [-0.39, 0.29) is 5.57 Å². The third-order valence-electron chi connectivity index (χ3n) is 2.79. The molecule has 0 spiro atoms. The summed E-state index contributed by atoms with van der Waals surface area (Å²) in [5.74, 6) is -0.937. The zero-order chi connectivity index (χ0) is 17.9. The van der Waals surface area contributed by atoms with Crippen LogP contribution < -0.4 is 0 Å². The van der Waals surface area contributed by atoms with E-state index in [9.17, 15) is 35.1 Å². The van der Waals surface area contributed by atoms with E-state index in [1.54, 1.807) is 0 Å². The predicted octanol–water partition coefficient (Wildman–Crippen LogP) is 2.59. The number of nitro benzene ring substituents is 3. The van der Waals surface area contributed by atoms with Gasteiger partial charge in [0.15, 0.2) is 5.56 Å². The highest BCUT2D eigenvalue weighted by Gasteiger charge is 2.39. The van der Waals surface area contributed by atoms with E-state index in [1.165, 1.54) is 6.92 Å². The van der Waals surface area contributed by atoms with Gasteiger partial charge in [-0.25, -0.2) is 4.79 Å². The molecule has 0 saturated carbocycles. The van der Waals surface area contributed by atoms with Gasteiger partial charge in [0.25, 0.3) is 5.69 Å². The molecule has 0 aromatic heterocycles. The minimum atomic E-state index is -1.46. The summed E-state index contributed by atoms with van der Waals surface area (Å²) in [5.41, 5.74) is -3.49. The fourth-order valence-electron chi connectivity index (χ4n) is 1.81. The lowest BCUT2D eigenvalue weighted by Crippen LogP contribution is -2.13. The summed E-state index contributed by atoms with van der Waals surface area (Å²) in [5, 5.41) is 33.1. The lowest BCUT2D eigenvalue weighted by molar-refractivity contribution is -0.425. The van der Waals surface area contributed by atoms with Crippen LogP contribution in [-0.4, -0.2) is 20.7 Å². The van der Waals surface area contributed by atoms with Gasteiger partial charge < -0.3 is 4.74 Å². The predicted molar refractivity (Wildman–Crippen MR) is 75.7 cm³/mol. The first-order valence-electron chi connectivity index (χ1n) is 6.04. The van der Waals surface area contributed by atoms with Crippen LogP contribution in [0.3, 0.4) is 0 Å². The summed E-state index contributed by atoms with van der Waals surface area (Å²) in [7, 11) is 0. The lowest BCUT2D eigenvalue weighted by Gasteiger charge is -2.13. The monoisotopic (exact) mass is 325 g/mol. The van der Waals surface area contributed by atoms with E-state index in [2.05, 4.69) is 6.58 Å². The van der Waals surface area contributed by atoms with Crippen LogP contribution in [0.5, 0.6) is 0 Å². The normalized spacial score (nSPS) is 11.4. The molecule has 0 aliphatic rings. The smallest absolute Gasteiger partial charge is 0.359 e. The first-order chi connectivity index (χ1) is 10.6. The van der Waals surface area contributed by atoms with Crippen LogP contribution in [0.25, 0.3) is 0 Å². The molecule has 1 atom stereocenters. The Labute approximate surface area is 128 Å². The largest absolute Gasteiger partial charge is 0.454 e. The Bertz CT molecular complexity index is 727. The highest BCUT2D eigenvalue weighted by Crippen LogP contribution is 2.41. The fourth-order valence-corrected chi connectivity index (χ4v) is 1.81. The van der Waals surface area contributed by atoms with E-state index in [4.69, 9.17) is 4.74 Å². The average molecular weight is 325 g/mol. The van der Waals surface area contributed by atoms with Crippen molar-refractivity contribution >= 4 is 23.0 Å². The van der Waals surface area contributed by atoms with Crippen molar-refractivity contribution in [2.75, 3.05) is 0 Å². The van der Waals surface area contributed by atoms with Gasteiger partial charge >= 0.3 is 17.3 Å². The molecule has 0 radical (unpaired) electrons. The Hall–Kier alpha value is -3.37. The Morgan fingerprint density at radius 3 is 1.96 bits per heavy atom. The van der Waals surface area contributed by atoms with Crippen molar-refractivity contribution in [3.63, 3.8) is 0 Å². The van der Waals surface area contributed by atoms with Crippen LogP contribution in [0.1, 0.15) is 25.5 Å². The molecule has 0 fully saturated rings. The van der Waals surface area contributed by atoms with Gasteiger partial charge in [-0.1, -0.05) is 6.58 Å². The minimum Gasteiger partial charge on any atom is -0.454 e. The maximum absolute atomic E-state index is 11.5. The van der Waals surface area contributed by atoms with Crippen LogP contribution in [0.15, 0.2) is 24.3 Å². The SMILES string of the molecule is C=C(C)C(=O)OC(C)c1c([N+](=O)[O-])ccc([N+](=O)[O-])c1[N+](=O)[O-]. The van der Waals surface area contributed by atoms with E-state index in [0.717, 1.165) is 13.0 Å². The number of hydrogen-bond donors (Lipinski definition) is 0. The van der Waals surface area contributed by atoms with Crippen LogP contribution in [0.2, 0.25) is 0 Å². The van der Waals surface area contributed by atoms with Crippen molar-refractivity contribution in [1.29, 1.82) is 0 Å². The first-order valence-corrected chi connectivity index (χ1v) is 6.04. The Kier molecular flexibility index (Phi) is 5.07. The molecule has 1 aromatic rings. The van der Waals surface area contributed by atoms with Gasteiger partial charge in [-0.2, -0.15) is 0 Å². The Morgan fingerprint density at radius 2 is 1.57 bits per heavy atom. The van der Waals surface area contributed by atoms with Crippen LogP contribution in [0, 0.1) is 30.3 Å². The van der Waals surface area contributed by atoms with Crippen molar-refractivity contribution < 1.29 is 24.3 Å². The highest BCUT2D eigenvalue weighted by molar-refractivity contribution is 5.87. The van der Waals surface area contributed by atoms with Gasteiger partial charge in [0.2, 0.25) is 0 Å². The van der Waals surface area contributed by atoms with Crippen molar-refractivity contribution in [2.24, 2.45) is 0 Å².